The Hall–Kier alpha value is -3.61. The van der Waals surface area contributed by atoms with Gasteiger partial charge in [0.15, 0.2) is 0 Å². The van der Waals surface area contributed by atoms with Crippen LogP contribution in [-0.4, -0.2) is 15.0 Å². The molecule has 32 heavy (non-hydrogen) atoms. The summed E-state index contributed by atoms with van der Waals surface area (Å²) in [5, 5.41) is 0.946. The molecular formula is C24H17Cl2N3O3. The van der Waals surface area contributed by atoms with Crippen LogP contribution in [0.3, 0.4) is 0 Å². The Labute approximate surface area is 192 Å². The van der Waals surface area contributed by atoms with E-state index in [4.69, 9.17) is 27.9 Å². The minimum Gasteiger partial charge on any atom is -0.487 e. The fourth-order valence-corrected chi connectivity index (χ4v) is 3.22. The Kier molecular flexibility index (Phi) is 6.54. The third kappa shape index (κ3) is 5.35. The first-order valence-corrected chi connectivity index (χ1v) is 10.4. The predicted octanol–water partition coefficient (Wildman–Crippen LogP) is 3.00. The Morgan fingerprint density at radius 2 is 1.56 bits per heavy atom. The van der Waals surface area contributed by atoms with Crippen LogP contribution in [0, 0.1) is 0 Å². The maximum atomic E-state index is 12.5. The maximum absolute atomic E-state index is 12.5. The molecule has 4 rings (SSSR count). The number of nitrogens with zero attached hydrogens (tertiary/aromatic N) is 1. The number of hydrogen-bond donors (Lipinski definition) is 2. The van der Waals surface area contributed by atoms with Gasteiger partial charge in [-0.25, -0.2) is 0 Å². The van der Waals surface area contributed by atoms with Gasteiger partial charge >= 0.3 is 0 Å². The summed E-state index contributed by atoms with van der Waals surface area (Å²) in [4.78, 5) is 34.3. The molecule has 0 saturated heterocycles. The molecule has 0 spiro atoms. The number of pyridine rings is 1. The Balaban J connectivity index is 1.57. The minimum absolute atomic E-state index is 0.0896. The van der Waals surface area contributed by atoms with E-state index in [1.165, 1.54) is 12.2 Å². The molecule has 2 aromatic heterocycles. The average Bonchev–Trinajstić information content (AvgIpc) is 2.80. The molecule has 2 N–H and O–H groups in total. The zero-order chi connectivity index (χ0) is 22.5. The van der Waals surface area contributed by atoms with Gasteiger partial charge in [-0.3, -0.25) is 14.6 Å². The largest absolute Gasteiger partial charge is 0.487 e. The fourth-order valence-electron chi connectivity index (χ4n) is 2.92. The summed E-state index contributed by atoms with van der Waals surface area (Å²) in [6.07, 6.45) is 4.57. The zero-order valence-electron chi connectivity index (χ0n) is 16.6. The van der Waals surface area contributed by atoms with E-state index in [0.29, 0.717) is 33.7 Å². The number of H-pyrrole nitrogens is 2. The number of aromatic amines is 2. The van der Waals surface area contributed by atoms with Gasteiger partial charge < -0.3 is 14.7 Å². The molecule has 0 saturated carbocycles. The molecule has 6 nitrogen and oxygen atoms in total. The lowest BCUT2D eigenvalue weighted by Crippen LogP contribution is -2.46. The molecule has 8 heteroatoms. The number of aromatic nitrogens is 3. The molecule has 0 radical (unpaired) electrons. The standard InChI is InChI=1S/C24H17Cl2N3O3/c25-19-9-6-16(10-20(19)26)11-21-23(30)29-22(24(31)28-21)12-17-7-8-18(13-27-17)32-14-15-4-2-1-3-5-15/h1-13H,14H2,(H,28,31)(H,29,30)/b21-11+,22-12+. The van der Waals surface area contributed by atoms with Crippen LogP contribution in [-0.2, 0) is 6.61 Å². The summed E-state index contributed by atoms with van der Waals surface area (Å²) in [5.74, 6) is 0.597. The van der Waals surface area contributed by atoms with E-state index in [0.717, 1.165) is 5.56 Å². The highest BCUT2D eigenvalue weighted by Gasteiger charge is 2.01. The van der Waals surface area contributed by atoms with E-state index < -0.39 is 11.1 Å². The molecule has 0 bridgehead atoms. The summed E-state index contributed by atoms with van der Waals surface area (Å²) in [6, 6.07) is 18.1. The van der Waals surface area contributed by atoms with Gasteiger partial charge in [-0.2, -0.15) is 0 Å². The smallest absolute Gasteiger partial charge is 0.272 e. The predicted molar refractivity (Wildman–Crippen MR) is 126 cm³/mol. The van der Waals surface area contributed by atoms with Crippen molar-refractivity contribution < 1.29 is 4.74 Å². The molecular weight excluding hydrogens is 449 g/mol. The van der Waals surface area contributed by atoms with Crippen LogP contribution in [0.25, 0.3) is 12.2 Å². The molecule has 0 atom stereocenters. The van der Waals surface area contributed by atoms with Gasteiger partial charge in [0.05, 0.1) is 21.9 Å². The van der Waals surface area contributed by atoms with Crippen LogP contribution in [0.2, 0.25) is 10.0 Å². The van der Waals surface area contributed by atoms with Crippen molar-refractivity contribution in [1.82, 2.24) is 15.0 Å². The van der Waals surface area contributed by atoms with Gasteiger partial charge in [0.2, 0.25) is 0 Å². The highest BCUT2D eigenvalue weighted by atomic mass is 35.5. The van der Waals surface area contributed by atoms with E-state index >= 15 is 0 Å². The molecule has 4 aromatic rings. The normalized spacial score (nSPS) is 12.2. The van der Waals surface area contributed by atoms with Crippen molar-refractivity contribution in [3.63, 3.8) is 0 Å². The van der Waals surface area contributed by atoms with Gasteiger partial charge in [0.25, 0.3) is 11.1 Å². The number of hydrogen-bond acceptors (Lipinski definition) is 4. The van der Waals surface area contributed by atoms with E-state index in [1.807, 2.05) is 30.3 Å². The van der Waals surface area contributed by atoms with Gasteiger partial charge in [0, 0.05) is 0 Å². The highest BCUT2D eigenvalue weighted by molar-refractivity contribution is 6.42. The van der Waals surface area contributed by atoms with Crippen LogP contribution in [0.1, 0.15) is 16.8 Å². The van der Waals surface area contributed by atoms with Crippen molar-refractivity contribution in [3.8, 4) is 5.75 Å². The molecule has 2 aromatic carbocycles. The molecule has 0 fully saturated rings. The van der Waals surface area contributed by atoms with E-state index in [9.17, 15) is 9.59 Å². The number of ether oxygens (including phenoxy) is 1. The van der Waals surface area contributed by atoms with Crippen molar-refractivity contribution in [2.45, 2.75) is 6.61 Å². The molecule has 0 aliphatic heterocycles. The summed E-state index contributed by atoms with van der Waals surface area (Å²) in [5.41, 5.74) is 1.27. The van der Waals surface area contributed by atoms with Crippen LogP contribution in [0.4, 0.5) is 0 Å². The van der Waals surface area contributed by atoms with Crippen molar-refractivity contribution in [1.29, 1.82) is 0 Å². The lowest BCUT2D eigenvalue weighted by molar-refractivity contribution is 0.305. The third-order valence-electron chi connectivity index (χ3n) is 4.54. The van der Waals surface area contributed by atoms with Gasteiger partial charge in [-0.05, 0) is 47.5 Å². The van der Waals surface area contributed by atoms with Gasteiger partial charge in [-0.15, -0.1) is 0 Å². The van der Waals surface area contributed by atoms with Crippen molar-refractivity contribution in [2.24, 2.45) is 0 Å². The molecule has 0 aliphatic rings. The van der Waals surface area contributed by atoms with Crippen molar-refractivity contribution in [2.75, 3.05) is 0 Å². The average molecular weight is 466 g/mol. The molecule has 160 valence electrons. The van der Waals surface area contributed by atoms with E-state index in [1.54, 1.807) is 36.5 Å². The maximum Gasteiger partial charge on any atom is 0.272 e. The van der Waals surface area contributed by atoms with Crippen LogP contribution in [0.15, 0.2) is 76.4 Å². The first-order chi connectivity index (χ1) is 15.5. The highest BCUT2D eigenvalue weighted by Crippen LogP contribution is 2.22. The summed E-state index contributed by atoms with van der Waals surface area (Å²) >= 11 is 11.9. The number of halogens is 2. The second-order valence-corrected chi connectivity index (χ2v) is 7.71. The molecule has 0 amide bonds. The van der Waals surface area contributed by atoms with Crippen LogP contribution >= 0.6 is 23.2 Å². The second kappa shape index (κ2) is 9.68. The SMILES string of the molecule is O=c1[nH]/c(=C/c2ccc(OCc3ccccc3)cn2)c(=O)[nH]/c1=C/c1ccc(Cl)c(Cl)c1. The third-order valence-corrected chi connectivity index (χ3v) is 5.28. The van der Waals surface area contributed by atoms with Crippen molar-refractivity contribution >= 4 is 35.4 Å². The minimum atomic E-state index is -0.456. The molecule has 0 unspecified atom stereocenters. The quantitative estimate of drug-likeness (QED) is 0.474. The Morgan fingerprint density at radius 1 is 0.844 bits per heavy atom. The Bertz CT molecular complexity index is 1480. The zero-order valence-corrected chi connectivity index (χ0v) is 18.2. The van der Waals surface area contributed by atoms with Crippen LogP contribution < -0.4 is 26.6 Å². The molecule has 2 heterocycles. The second-order valence-electron chi connectivity index (χ2n) is 6.89. The first kappa shape index (κ1) is 21.6. The number of rotatable bonds is 5. The summed E-state index contributed by atoms with van der Waals surface area (Å²) < 4.78 is 5.70. The Morgan fingerprint density at radius 3 is 2.22 bits per heavy atom. The lowest BCUT2D eigenvalue weighted by Gasteiger charge is -2.05. The van der Waals surface area contributed by atoms with Gasteiger partial charge in [-0.1, -0.05) is 59.6 Å². The lowest BCUT2D eigenvalue weighted by atomic mass is 10.2. The van der Waals surface area contributed by atoms with Crippen molar-refractivity contribution in [3.05, 3.63) is 125 Å². The monoisotopic (exact) mass is 465 g/mol. The summed E-state index contributed by atoms with van der Waals surface area (Å²) in [7, 11) is 0. The number of nitrogens with one attached hydrogen (secondary N) is 2. The van der Waals surface area contributed by atoms with Gasteiger partial charge in [0.1, 0.15) is 23.1 Å². The number of benzene rings is 2. The van der Waals surface area contributed by atoms with E-state index in [-0.39, 0.29) is 10.7 Å². The fraction of sp³-hybridized carbons (Fsp3) is 0.0417. The van der Waals surface area contributed by atoms with Crippen LogP contribution in [0.5, 0.6) is 5.75 Å². The van der Waals surface area contributed by atoms with E-state index in [2.05, 4.69) is 15.0 Å². The topological polar surface area (TPSA) is 87.8 Å². The summed E-state index contributed by atoms with van der Waals surface area (Å²) in [6.45, 7) is 0.426. The first-order valence-electron chi connectivity index (χ1n) is 9.62. The molecule has 0 aliphatic carbocycles.